The predicted molar refractivity (Wildman–Crippen MR) is 78.1 cm³/mol. The molecule has 0 aliphatic carbocycles. The van der Waals surface area contributed by atoms with Crippen LogP contribution in [-0.2, 0) is 4.79 Å². The Labute approximate surface area is 118 Å². The molecule has 0 aliphatic heterocycles. The lowest BCUT2D eigenvalue weighted by Crippen LogP contribution is -2.51. The number of para-hydroxylation sites is 1. The summed E-state index contributed by atoms with van der Waals surface area (Å²) in [5, 5.41) is 12.4. The molecule has 1 atom stereocenters. The van der Waals surface area contributed by atoms with Crippen molar-refractivity contribution in [2.45, 2.75) is 30.7 Å². The predicted octanol–water partition coefficient (Wildman–Crippen LogP) is 2.63. The third kappa shape index (κ3) is 4.44. The molecule has 1 aromatic carbocycles. The number of nitrogens with one attached hydrogen (secondary N) is 1. The molecule has 0 saturated heterocycles. The van der Waals surface area contributed by atoms with Crippen molar-refractivity contribution in [2.75, 3.05) is 19.4 Å². The number of carboxylic acids is 1. The highest BCUT2D eigenvalue weighted by Crippen LogP contribution is 2.31. The van der Waals surface area contributed by atoms with E-state index in [1.165, 1.54) is 11.8 Å². The molecule has 2 N–H and O–H groups in total. The van der Waals surface area contributed by atoms with Gasteiger partial charge in [-0.1, -0.05) is 19.1 Å². The van der Waals surface area contributed by atoms with Crippen LogP contribution in [0.15, 0.2) is 29.2 Å². The first kappa shape index (κ1) is 15.9. The van der Waals surface area contributed by atoms with E-state index < -0.39 is 11.5 Å². The monoisotopic (exact) mass is 283 g/mol. The van der Waals surface area contributed by atoms with Crippen molar-refractivity contribution in [1.82, 2.24) is 5.32 Å². The van der Waals surface area contributed by atoms with Crippen LogP contribution in [0.5, 0.6) is 5.75 Å². The first-order valence-corrected chi connectivity index (χ1v) is 7.26. The first-order valence-electron chi connectivity index (χ1n) is 6.27. The number of hydrogen-bond acceptors (Lipinski definition) is 4. The van der Waals surface area contributed by atoms with Gasteiger partial charge in [-0.05, 0) is 32.0 Å². The van der Waals surface area contributed by atoms with Gasteiger partial charge in [0.1, 0.15) is 11.3 Å². The fraction of sp³-hybridized carbons (Fsp3) is 0.500. The second-order valence-electron chi connectivity index (χ2n) is 4.50. The SMILES string of the molecule is CCCNC(C)(CSc1ccccc1OC)C(=O)O. The molecule has 5 heteroatoms. The molecule has 0 fully saturated rings. The van der Waals surface area contributed by atoms with Crippen LogP contribution < -0.4 is 10.1 Å². The zero-order chi connectivity index (χ0) is 14.3. The Morgan fingerprint density at radius 1 is 1.47 bits per heavy atom. The van der Waals surface area contributed by atoms with Gasteiger partial charge in [-0.15, -0.1) is 11.8 Å². The van der Waals surface area contributed by atoms with Crippen LogP contribution in [0.1, 0.15) is 20.3 Å². The Kier molecular flexibility index (Phi) is 6.18. The van der Waals surface area contributed by atoms with Crippen LogP contribution in [0.25, 0.3) is 0 Å². The van der Waals surface area contributed by atoms with Gasteiger partial charge in [0.05, 0.1) is 7.11 Å². The summed E-state index contributed by atoms with van der Waals surface area (Å²) in [6.45, 7) is 4.42. The van der Waals surface area contributed by atoms with Crippen molar-refractivity contribution in [3.05, 3.63) is 24.3 Å². The molecule has 0 spiro atoms. The van der Waals surface area contributed by atoms with Crippen LogP contribution in [0.2, 0.25) is 0 Å². The zero-order valence-corrected chi connectivity index (χ0v) is 12.4. The summed E-state index contributed by atoms with van der Waals surface area (Å²) in [5.41, 5.74) is -0.929. The molecular formula is C14H21NO3S. The number of carbonyl (C=O) groups is 1. The molecule has 0 radical (unpaired) electrons. The van der Waals surface area contributed by atoms with Crippen molar-refractivity contribution in [3.63, 3.8) is 0 Å². The van der Waals surface area contributed by atoms with Crippen LogP contribution in [0, 0.1) is 0 Å². The van der Waals surface area contributed by atoms with Crippen LogP contribution >= 0.6 is 11.8 Å². The van der Waals surface area contributed by atoms with Gasteiger partial charge in [-0.25, -0.2) is 0 Å². The lowest BCUT2D eigenvalue weighted by Gasteiger charge is -2.26. The lowest BCUT2D eigenvalue weighted by atomic mass is 10.1. The molecule has 0 aliphatic rings. The van der Waals surface area contributed by atoms with Crippen molar-refractivity contribution in [1.29, 1.82) is 0 Å². The number of thioether (sulfide) groups is 1. The third-order valence-corrected chi connectivity index (χ3v) is 4.19. The molecule has 0 aromatic heterocycles. The number of ether oxygens (including phenoxy) is 1. The normalized spacial score (nSPS) is 13.8. The van der Waals surface area contributed by atoms with Gasteiger partial charge >= 0.3 is 5.97 Å². The van der Waals surface area contributed by atoms with E-state index in [1.54, 1.807) is 14.0 Å². The van der Waals surface area contributed by atoms with Gasteiger partial charge in [0, 0.05) is 10.6 Å². The van der Waals surface area contributed by atoms with E-state index in [0.29, 0.717) is 12.3 Å². The average molecular weight is 283 g/mol. The summed E-state index contributed by atoms with van der Waals surface area (Å²) in [5.74, 6) is 0.391. The summed E-state index contributed by atoms with van der Waals surface area (Å²) in [4.78, 5) is 12.4. The smallest absolute Gasteiger partial charge is 0.324 e. The summed E-state index contributed by atoms with van der Waals surface area (Å²) in [6, 6.07) is 7.63. The van der Waals surface area contributed by atoms with E-state index in [4.69, 9.17) is 4.74 Å². The molecule has 1 aromatic rings. The molecule has 0 heterocycles. The third-order valence-electron chi connectivity index (χ3n) is 2.82. The Morgan fingerprint density at radius 2 is 2.16 bits per heavy atom. The molecule has 0 amide bonds. The molecular weight excluding hydrogens is 262 g/mol. The topological polar surface area (TPSA) is 58.6 Å². The number of rotatable bonds is 8. The van der Waals surface area contributed by atoms with E-state index >= 15 is 0 Å². The van der Waals surface area contributed by atoms with Crippen LogP contribution in [0.4, 0.5) is 0 Å². The van der Waals surface area contributed by atoms with Crippen molar-refractivity contribution in [3.8, 4) is 5.75 Å². The Bertz CT molecular complexity index is 425. The minimum atomic E-state index is -0.929. The maximum Gasteiger partial charge on any atom is 0.324 e. The lowest BCUT2D eigenvalue weighted by molar-refractivity contribution is -0.143. The second kappa shape index (κ2) is 7.40. The van der Waals surface area contributed by atoms with Crippen molar-refractivity contribution < 1.29 is 14.6 Å². The number of aliphatic carboxylic acids is 1. The highest BCUT2D eigenvalue weighted by Gasteiger charge is 2.32. The molecule has 4 nitrogen and oxygen atoms in total. The molecule has 0 bridgehead atoms. The molecule has 1 rings (SSSR count). The Balaban J connectivity index is 2.73. The van der Waals surface area contributed by atoms with Gasteiger partial charge in [0.15, 0.2) is 0 Å². The standard InChI is InChI=1S/C14H21NO3S/c1-4-9-15-14(2,13(16)17)10-19-12-8-6-5-7-11(12)18-3/h5-8,15H,4,9-10H2,1-3H3,(H,16,17). The maximum atomic E-state index is 11.4. The maximum absolute atomic E-state index is 11.4. The van der Waals surface area contributed by atoms with Gasteiger partial charge in [-0.3, -0.25) is 4.79 Å². The van der Waals surface area contributed by atoms with E-state index in [9.17, 15) is 9.90 Å². The highest BCUT2D eigenvalue weighted by molar-refractivity contribution is 7.99. The average Bonchev–Trinajstić information content (AvgIpc) is 2.43. The minimum absolute atomic E-state index is 0.447. The van der Waals surface area contributed by atoms with Gasteiger partial charge in [-0.2, -0.15) is 0 Å². The van der Waals surface area contributed by atoms with E-state index in [2.05, 4.69) is 5.32 Å². The Morgan fingerprint density at radius 3 is 2.74 bits per heavy atom. The van der Waals surface area contributed by atoms with Crippen LogP contribution in [-0.4, -0.2) is 36.0 Å². The zero-order valence-electron chi connectivity index (χ0n) is 11.6. The first-order chi connectivity index (χ1) is 9.03. The van der Waals surface area contributed by atoms with Crippen molar-refractivity contribution >= 4 is 17.7 Å². The van der Waals surface area contributed by atoms with E-state index in [1.807, 2.05) is 31.2 Å². The quantitative estimate of drug-likeness (QED) is 0.718. The second-order valence-corrected chi connectivity index (χ2v) is 5.52. The largest absolute Gasteiger partial charge is 0.496 e. The minimum Gasteiger partial charge on any atom is -0.496 e. The van der Waals surface area contributed by atoms with E-state index in [-0.39, 0.29) is 0 Å². The summed E-state index contributed by atoms with van der Waals surface area (Å²) >= 11 is 1.49. The molecule has 106 valence electrons. The summed E-state index contributed by atoms with van der Waals surface area (Å²) in [6.07, 6.45) is 0.905. The van der Waals surface area contributed by atoms with Crippen molar-refractivity contribution in [2.24, 2.45) is 0 Å². The Hall–Kier alpha value is -1.20. The van der Waals surface area contributed by atoms with Crippen LogP contribution in [0.3, 0.4) is 0 Å². The van der Waals surface area contributed by atoms with Gasteiger partial charge < -0.3 is 15.2 Å². The number of hydrogen-bond donors (Lipinski definition) is 2. The number of benzene rings is 1. The number of carboxylic acid groups (broad SMARTS) is 1. The van der Waals surface area contributed by atoms with E-state index in [0.717, 1.165) is 17.1 Å². The van der Waals surface area contributed by atoms with Gasteiger partial charge in [0.25, 0.3) is 0 Å². The summed E-state index contributed by atoms with van der Waals surface area (Å²) in [7, 11) is 1.62. The fourth-order valence-corrected chi connectivity index (χ4v) is 2.69. The van der Waals surface area contributed by atoms with Gasteiger partial charge in [0.2, 0.25) is 0 Å². The molecule has 19 heavy (non-hydrogen) atoms. The fourth-order valence-electron chi connectivity index (χ4n) is 1.55. The molecule has 0 saturated carbocycles. The highest BCUT2D eigenvalue weighted by atomic mass is 32.2. The molecule has 1 unspecified atom stereocenters. The summed E-state index contributed by atoms with van der Waals surface area (Å²) < 4.78 is 5.26. The number of methoxy groups -OCH3 is 1.